The zero-order chi connectivity index (χ0) is 14.9. The molecule has 2 aromatic rings. The molecule has 1 heterocycles. The number of aryl methyl sites for hydroxylation is 1. The van der Waals surface area contributed by atoms with E-state index >= 15 is 0 Å². The lowest BCUT2D eigenvalue weighted by atomic mass is 10.1. The van der Waals surface area contributed by atoms with Crippen LogP contribution in [0.25, 0.3) is 0 Å². The number of pyridine rings is 1. The highest BCUT2D eigenvalue weighted by Gasteiger charge is 2.14. The molecule has 6 heteroatoms. The van der Waals surface area contributed by atoms with E-state index in [1.165, 1.54) is 12.1 Å². The van der Waals surface area contributed by atoms with E-state index in [9.17, 15) is 20.2 Å². The quantitative estimate of drug-likeness (QED) is 0.576. The van der Waals surface area contributed by atoms with Crippen LogP contribution >= 0.6 is 0 Å². The summed E-state index contributed by atoms with van der Waals surface area (Å²) >= 11 is 0. The van der Waals surface area contributed by atoms with E-state index in [1.54, 1.807) is 32.0 Å². The van der Waals surface area contributed by atoms with E-state index in [0.717, 1.165) is 0 Å². The zero-order valence-corrected chi connectivity index (χ0v) is 11.0. The van der Waals surface area contributed by atoms with Crippen molar-refractivity contribution in [3.63, 3.8) is 0 Å². The molecule has 0 aliphatic carbocycles. The summed E-state index contributed by atoms with van der Waals surface area (Å²) in [6, 6.07) is 7.73. The Labute approximate surface area is 114 Å². The van der Waals surface area contributed by atoms with Crippen LogP contribution in [-0.2, 0) is 0 Å². The van der Waals surface area contributed by atoms with Gasteiger partial charge in [0.25, 0.3) is 5.56 Å². The third-order valence-corrected chi connectivity index (χ3v) is 2.89. The number of rotatable bonds is 2. The topological polar surface area (TPSA) is 95.1 Å². The molecule has 1 aromatic heterocycles. The number of hydrogen-bond donors (Lipinski definition) is 3. The fourth-order valence-electron chi connectivity index (χ4n) is 1.94. The number of nitrogens with zero attached hydrogens (tertiary/aromatic N) is 2. The van der Waals surface area contributed by atoms with Crippen LogP contribution < -0.4 is 5.56 Å². The molecule has 0 spiro atoms. The molecule has 0 saturated carbocycles. The summed E-state index contributed by atoms with van der Waals surface area (Å²) in [5.74, 6) is -0.542. The first-order valence-electron chi connectivity index (χ1n) is 5.90. The zero-order valence-electron chi connectivity index (χ0n) is 11.0. The van der Waals surface area contributed by atoms with Gasteiger partial charge in [-0.25, -0.2) is 4.99 Å². The minimum absolute atomic E-state index is 0.00685. The maximum absolute atomic E-state index is 11.9. The number of aromatic nitrogens is 1. The highest BCUT2D eigenvalue weighted by molar-refractivity contribution is 6.01. The molecule has 2 rings (SSSR count). The van der Waals surface area contributed by atoms with Crippen LogP contribution in [0.4, 0.5) is 5.69 Å². The highest BCUT2D eigenvalue weighted by atomic mass is 16.5. The number of phenolic OH excluding ortho intramolecular Hbond substituents is 1. The molecule has 0 fully saturated rings. The van der Waals surface area contributed by atoms with Crippen molar-refractivity contribution in [2.75, 3.05) is 0 Å². The summed E-state index contributed by atoms with van der Waals surface area (Å²) in [5, 5.41) is 28.4. The van der Waals surface area contributed by atoms with E-state index in [0.29, 0.717) is 17.0 Å². The lowest BCUT2D eigenvalue weighted by molar-refractivity contribution is 0.143. The number of hydrogen-bond acceptors (Lipinski definition) is 5. The predicted molar refractivity (Wildman–Crippen MR) is 74.3 cm³/mol. The summed E-state index contributed by atoms with van der Waals surface area (Å²) in [6.07, 6.45) is 0. The normalized spacial score (nSPS) is 11.6. The van der Waals surface area contributed by atoms with Crippen molar-refractivity contribution >= 4 is 11.4 Å². The maximum Gasteiger partial charge on any atom is 0.295 e. The standard InChI is InChI=1S/C14H14N2O4/c1-8-7-12(18)16(20)14(19)13(8)9(2)15-10-5-3-4-6-11(10)17/h3-7,17-18,20H,1-2H3/b15-9+. The van der Waals surface area contributed by atoms with Gasteiger partial charge in [0.05, 0.1) is 11.3 Å². The van der Waals surface area contributed by atoms with Gasteiger partial charge in [-0.15, -0.1) is 4.73 Å². The molecule has 0 unspecified atom stereocenters. The molecule has 0 atom stereocenters. The van der Waals surface area contributed by atoms with Gasteiger partial charge in [0.15, 0.2) is 0 Å². The lowest BCUT2D eigenvalue weighted by Gasteiger charge is -2.08. The molecule has 6 nitrogen and oxygen atoms in total. The number of benzene rings is 1. The minimum atomic E-state index is -0.765. The van der Waals surface area contributed by atoms with Crippen molar-refractivity contribution in [2.24, 2.45) is 4.99 Å². The van der Waals surface area contributed by atoms with Gasteiger partial charge in [-0.1, -0.05) is 12.1 Å². The van der Waals surface area contributed by atoms with E-state index in [-0.39, 0.29) is 16.0 Å². The van der Waals surface area contributed by atoms with Gasteiger partial charge >= 0.3 is 0 Å². The fourth-order valence-corrected chi connectivity index (χ4v) is 1.94. The summed E-state index contributed by atoms with van der Waals surface area (Å²) in [6.45, 7) is 3.22. The molecular weight excluding hydrogens is 260 g/mol. The summed E-state index contributed by atoms with van der Waals surface area (Å²) in [7, 11) is 0. The molecule has 0 saturated heterocycles. The van der Waals surface area contributed by atoms with Crippen molar-refractivity contribution in [1.29, 1.82) is 0 Å². The van der Waals surface area contributed by atoms with Crippen LogP contribution in [0.1, 0.15) is 18.1 Å². The van der Waals surface area contributed by atoms with Crippen molar-refractivity contribution in [3.8, 4) is 11.6 Å². The minimum Gasteiger partial charge on any atom is -0.506 e. The van der Waals surface area contributed by atoms with E-state index in [2.05, 4.69) is 4.99 Å². The molecule has 0 bridgehead atoms. The molecule has 0 aliphatic heterocycles. The number of aliphatic imine (C=N–C) groups is 1. The second kappa shape index (κ2) is 5.08. The Morgan fingerprint density at radius 1 is 1.25 bits per heavy atom. The molecule has 3 N–H and O–H groups in total. The number of aromatic hydroxyl groups is 2. The van der Waals surface area contributed by atoms with Crippen LogP contribution in [0.5, 0.6) is 11.6 Å². The largest absolute Gasteiger partial charge is 0.506 e. The Hall–Kier alpha value is -2.76. The van der Waals surface area contributed by atoms with Gasteiger partial charge < -0.3 is 15.4 Å². The van der Waals surface area contributed by atoms with Gasteiger partial charge in [-0.3, -0.25) is 4.79 Å². The Kier molecular flexibility index (Phi) is 3.47. The Morgan fingerprint density at radius 2 is 1.90 bits per heavy atom. The Morgan fingerprint density at radius 3 is 2.55 bits per heavy atom. The molecule has 0 amide bonds. The lowest BCUT2D eigenvalue weighted by Crippen LogP contribution is -2.25. The van der Waals surface area contributed by atoms with Gasteiger partial charge in [0, 0.05) is 6.07 Å². The molecule has 1 aromatic carbocycles. The molecule has 0 aliphatic rings. The van der Waals surface area contributed by atoms with Crippen molar-refractivity contribution < 1.29 is 15.4 Å². The Balaban J connectivity index is 2.61. The van der Waals surface area contributed by atoms with Crippen molar-refractivity contribution in [3.05, 3.63) is 51.8 Å². The predicted octanol–water partition coefficient (Wildman–Crippen LogP) is 1.95. The first-order valence-corrected chi connectivity index (χ1v) is 5.90. The Bertz CT molecular complexity index is 747. The average Bonchev–Trinajstić information content (AvgIpc) is 2.39. The van der Waals surface area contributed by atoms with E-state index < -0.39 is 11.4 Å². The first-order chi connectivity index (χ1) is 9.41. The van der Waals surface area contributed by atoms with Crippen LogP contribution in [-0.4, -0.2) is 25.9 Å². The molecule has 20 heavy (non-hydrogen) atoms. The second-order valence-electron chi connectivity index (χ2n) is 4.36. The fraction of sp³-hybridized carbons (Fsp3) is 0.143. The summed E-state index contributed by atoms with van der Waals surface area (Å²) < 4.78 is 0.159. The molecule has 0 radical (unpaired) electrons. The van der Waals surface area contributed by atoms with Gasteiger partial charge in [0.2, 0.25) is 5.88 Å². The smallest absolute Gasteiger partial charge is 0.295 e. The molecule has 104 valence electrons. The average molecular weight is 274 g/mol. The van der Waals surface area contributed by atoms with Crippen LogP contribution in [0, 0.1) is 6.92 Å². The second-order valence-corrected chi connectivity index (χ2v) is 4.36. The van der Waals surface area contributed by atoms with Crippen molar-refractivity contribution in [1.82, 2.24) is 4.73 Å². The third-order valence-electron chi connectivity index (χ3n) is 2.89. The summed E-state index contributed by atoms with van der Waals surface area (Å²) in [4.78, 5) is 16.1. The van der Waals surface area contributed by atoms with E-state index in [1.807, 2.05) is 0 Å². The third kappa shape index (κ3) is 2.35. The number of para-hydroxylation sites is 2. The van der Waals surface area contributed by atoms with Gasteiger partial charge in [-0.05, 0) is 31.5 Å². The maximum atomic E-state index is 11.9. The van der Waals surface area contributed by atoms with Gasteiger partial charge in [-0.2, -0.15) is 0 Å². The van der Waals surface area contributed by atoms with E-state index in [4.69, 9.17) is 0 Å². The SMILES string of the molecule is C/C(=N\c1ccccc1O)c1c(C)cc(O)n(O)c1=O. The number of phenols is 1. The first kappa shape index (κ1) is 13.7. The van der Waals surface area contributed by atoms with Gasteiger partial charge in [0.1, 0.15) is 11.4 Å². The monoisotopic (exact) mass is 274 g/mol. The van der Waals surface area contributed by atoms with Crippen molar-refractivity contribution in [2.45, 2.75) is 13.8 Å². The summed E-state index contributed by atoms with van der Waals surface area (Å²) in [5.41, 5.74) is 0.542. The van der Waals surface area contributed by atoms with Crippen LogP contribution in [0.15, 0.2) is 40.1 Å². The molecular formula is C14H14N2O4. The highest BCUT2D eigenvalue weighted by Crippen LogP contribution is 2.26. The van der Waals surface area contributed by atoms with Crippen LogP contribution in [0.2, 0.25) is 0 Å². The van der Waals surface area contributed by atoms with Crippen LogP contribution in [0.3, 0.4) is 0 Å².